The van der Waals surface area contributed by atoms with Crippen molar-refractivity contribution in [1.82, 2.24) is 9.97 Å². The minimum Gasteiger partial charge on any atom is -0.512 e. The summed E-state index contributed by atoms with van der Waals surface area (Å²) in [5.41, 5.74) is 5.73. The van der Waals surface area contributed by atoms with E-state index in [0.717, 1.165) is 58.5 Å². The number of thiol groups is 1. The smallest absolute Gasteiger partial charge is 0.164 e. The van der Waals surface area contributed by atoms with E-state index in [-0.39, 0.29) is 47.9 Å². The molecule has 0 atom stereocenters. The molecule has 0 saturated heterocycles. The first-order valence-electron chi connectivity index (χ1n) is 16.5. The summed E-state index contributed by atoms with van der Waals surface area (Å²) in [6.45, 7) is 21.0. The zero-order valence-corrected chi connectivity index (χ0v) is 34.8. The molecule has 0 unspecified atom stereocenters. The maximum atomic E-state index is 12.2. The van der Waals surface area contributed by atoms with E-state index in [1.807, 2.05) is 41.5 Å². The summed E-state index contributed by atoms with van der Waals surface area (Å²) >= 11 is 8.43. The molecule has 4 nitrogen and oxygen atoms in total. The summed E-state index contributed by atoms with van der Waals surface area (Å²) in [5, 5.41) is 16.9. The molecular formula is C40H49IrN2O2S3-. The van der Waals surface area contributed by atoms with E-state index in [9.17, 15) is 9.90 Å². The number of allylic oxidation sites excluding steroid dienone is 2. The molecule has 0 aliphatic heterocycles. The van der Waals surface area contributed by atoms with Gasteiger partial charge in [-0.1, -0.05) is 79.5 Å². The van der Waals surface area contributed by atoms with Crippen molar-refractivity contribution in [1.29, 1.82) is 0 Å². The Kier molecular flexibility index (Phi) is 13.5. The number of nitrogens with zero attached hydrogens (tertiary/aromatic N) is 2. The molecule has 48 heavy (non-hydrogen) atoms. The minimum absolute atomic E-state index is 0. The third-order valence-electron chi connectivity index (χ3n) is 10.00. The van der Waals surface area contributed by atoms with Crippen LogP contribution in [-0.2, 0) is 30.3 Å². The van der Waals surface area contributed by atoms with Gasteiger partial charge in [0.2, 0.25) is 0 Å². The van der Waals surface area contributed by atoms with E-state index in [2.05, 4.69) is 84.8 Å². The molecule has 0 amide bonds. The number of aromatic nitrogens is 2. The van der Waals surface area contributed by atoms with Gasteiger partial charge >= 0.3 is 0 Å². The molecule has 3 aromatic heterocycles. The van der Waals surface area contributed by atoms with Gasteiger partial charge in [-0.3, -0.25) is 9.78 Å². The topological polar surface area (TPSA) is 63.1 Å². The van der Waals surface area contributed by atoms with Crippen molar-refractivity contribution in [2.45, 2.75) is 105 Å². The van der Waals surface area contributed by atoms with Crippen molar-refractivity contribution in [3.8, 4) is 22.5 Å². The van der Waals surface area contributed by atoms with Crippen LogP contribution in [0.15, 0.2) is 64.1 Å². The molecule has 0 aliphatic rings. The van der Waals surface area contributed by atoms with Crippen molar-refractivity contribution in [3.63, 3.8) is 0 Å². The second kappa shape index (κ2) is 16.1. The monoisotopic (exact) mass is 878 g/mol. The summed E-state index contributed by atoms with van der Waals surface area (Å²) in [4.78, 5) is 22.2. The first-order valence-corrected chi connectivity index (χ1v) is 18.7. The number of aliphatic hydroxyl groups excluding tert-OH is 1. The number of carbonyl (C=O) groups excluding carboxylic acids is 1. The molecule has 0 aliphatic carbocycles. The van der Waals surface area contributed by atoms with Crippen LogP contribution in [0.25, 0.3) is 42.7 Å². The Hall–Kier alpha value is -2.35. The Morgan fingerprint density at radius 1 is 0.917 bits per heavy atom. The summed E-state index contributed by atoms with van der Waals surface area (Å²) in [7, 11) is 0. The van der Waals surface area contributed by atoms with Crippen molar-refractivity contribution in [2.24, 2.45) is 10.8 Å². The Morgan fingerprint density at radius 3 is 2.15 bits per heavy atom. The van der Waals surface area contributed by atoms with Crippen molar-refractivity contribution >= 4 is 61.3 Å². The summed E-state index contributed by atoms with van der Waals surface area (Å²) in [6, 6.07) is 14.4. The number of carbonyl (C=O) groups is 1. The molecule has 2 aromatic carbocycles. The van der Waals surface area contributed by atoms with Gasteiger partial charge < -0.3 is 5.11 Å². The third kappa shape index (κ3) is 8.33. The molecule has 5 rings (SSSR count). The number of thiophene rings is 2. The summed E-state index contributed by atoms with van der Waals surface area (Å²) in [6.07, 6.45) is 6.39. The van der Waals surface area contributed by atoms with E-state index in [1.165, 1.54) is 32.0 Å². The maximum absolute atomic E-state index is 12.2. The first kappa shape index (κ1) is 40.1. The number of hydrogen-bond donors (Lipinski definition) is 2. The number of aryl methyl sites for hydroxylation is 1. The molecule has 0 bridgehead atoms. The molecule has 0 spiro atoms. The quantitative estimate of drug-likeness (QED) is 0.0670. The van der Waals surface area contributed by atoms with Gasteiger partial charge in [0.1, 0.15) is 12.1 Å². The van der Waals surface area contributed by atoms with E-state index in [1.54, 1.807) is 29.0 Å². The van der Waals surface area contributed by atoms with Crippen molar-refractivity contribution in [3.05, 3.63) is 76.4 Å². The molecule has 8 heteroatoms. The number of aliphatic hydroxyl groups is 1. The fraction of sp³-hybridized carbons (Fsp3) is 0.425. The Morgan fingerprint density at radius 2 is 1.54 bits per heavy atom. The van der Waals surface area contributed by atoms with Gasteiger partial charge in [0, 0.05) is 57.9 Å². The molecular weight excluding hydrogens is 829 g/mol. The molecule has 0 saturated carbocycles. The van der Waals surface area contributed by atoms with E-state index < -0.39 is 0 Å². The van der Waals surface area contributed by atoms with Crippen LogP contribution in [0.3, 0.4) is 0 Å². The zero-order chi connectivity index (χ0) is 34.7. The maximum Gasteiger partial charge on any atom is 0.164 e. The van der Waals surface area contributed by atoms with Gasteiger partial charge in [-0.25, -0.2) is 4.98 Å². The summed E-state index contributed by atoms with van der Waals surface area (Å²) < 4.78 is 2.58. The first-order chi connectivity index (χ1) is 22.1. The average molecular weight is 878 g/mol. The van der Waals surface area contributed by atoms with Gasteiger partial charge in [0.25, 0.3) is 0 Å². The second-order valence-electron chi connectivity index (χ2n) is 14.0. The largest absolute Gasteiger partial charge is 0.512 e. The van der Waals surface area contributed by atoms with Crippen LogP contribution in [0.4, 0.5) is 0 Å². The fourth-order valence-electron chi connectivity index (χ4n) is 5.47. The van der Waals surface area contributed by atoms with E-state index in [0.29, 0.717) is 0 Å². The number of fused-ring (bicyclic) bond motifs is 2. The predicted molar refractivity (Wildman–Crippen MR) is 206 cm³/mol. The van der Waals surface area contributed by atoms with Gasteiger partial charge in [0.05, 0.1) is 5.69 Å². The van der Waals surface area contributed by atoms with E-state index >= 15 is 0 Å². The molecule has 0 fully saturated rings. The fourth-order valence-corrected chi connectivity index (χ4v) is 7.83. The van der Waals surface area contributed by atoms with Crippen LogP contribution < -0.4 is 0 Å². The zero-order valence-electron chi connectivity index (χ0n) is 29.9. The molecule has 1 N–H and O–H groups in total. The van der Waals surface area contributed by atoms with Gasteiger partial charge in [-0.05, 0) is 76.6 Å². The predicted octanol–water partition coefficient (Wildman–Crippen LogP) is 12.6. The van der Waals surface area contributed by atoms with Crippen LogP contribution in [0.1, 0.15) is 99.1 Å². The van der Waals surface area contributed by atoms with Crippen molar-refractivity contribution in [2.75, 3.05) is 0 Å². The molecule has 5 aromatic rings. The van der Waals surface area contributed by atoms with Gasteiger partial charge in [-0.15, -0.1) is 47.6 Å². The molecule has 1 radical (unpaired) electrons. The van der Waals surface area contributed by atoms with Crippen LogP contribution >= 0.6 is 35.3 Å². The molecule has 3 heterocycles. The van der Waals surface area contributed by atoms with Crippen LogP contribution in [0.5, 0.6) is 0 Å². The Bertz CT molecular complexity index is 1910. The Labute approximate surface area is 314 Å². The number of ketones is 1. The number of rotatable bonds is 9. The third-order valence-corrected chi connectivity index (χ3v) is 12.4. The molecule has 259 valence electrons. The minimum atomic E-state index is -0.337. The summed E-state index contributed by atoms with van der Waals surface area (Å²) in [5.74, 6) is 0.286. The van der Waals surface area contributed by atoms with Crippen molar-refractivity contribution < 1.29 is 30.0 Å². The second-order valence-corrected chi connectivity index (χ2v) is 16.3. The number of benzene rings is 2. The van der Waals surface area contributed by atoms with Gasteiger partial charge in [0.15, 0.2) is 5.78 Å². The Balaban J connectivity index is 0.000000301. The van der Waals surface area contributed by atoms with E-state index in [4.69, 9.17) is 12.6 Å². The number of hydrogen-bond acceptors (Lipinski definition) is 7. The van der Waals surface area contributed by atoms with Crippen LogP contribution in [0, 0.1) is 23.8 Å². The van der Waals surface area contributed by atoms with Crippen LogP contribution in [0.2, 0.25) is 0 Å². The normalized spacial score (nSPS) is 12.5. The van der Waals surface area contributed by atoms with Gasteiger partial charge in [-0.2, -0.15) is 11.3 Å². The average Bonchev–Trinajstić information content (AvgIpc) is 3.69. The SMILES string of the molecule is CCC(C)(CC)C(=O)/C=C(\O)C(C)(CC)CC.Cc1csc2ccc(-c3ncnc(-c4[c-]c5ccsc5c(C(C)(C)C)c4)c3S)cc12.[Ir]. The standard InChI is InChI=1S/C25H21N2S3.C15H28O2.Ir/c1-14-12-30-20-6-5-15(10-18(14)20)21-23(28)22(27-13-26-21)17-9-16-7-8-29-24(16)19(11-17)25(2,3)4;1-7-14(5,8-2)12(16)11-13(17)15(6,9-3)10-4;/h5-8,10-13,28H,1-4H3;11,16H,7-10H2,1-6H3;/q-1;;/b;12-11-;. The van der Waals surface area contributed by atoms with Crippen LogP contribution in [-0.4, -0.2) is 20.9 Å².